The van der Waals surface area contributed by atoms with Crippen LogP contribution in [0.15, 0.2) is 142 Å². The minimum Gasteiger partial charge on any atom is -0.870 e. The van der Waals surface area contributed by atoms with Crippen molar-refractivity contribution in [2.45, 2.75) is 41.6 Å². The van der Waals surface area contributed by atoms with Crippen LogP contribution in [0.4, 0.5) is 5.69 Å². The van der Waals surface area contributed by atoms with Crippen molar-refractivity contribution in [2.75, 3.05) is 18.0 Å². The van der Waals surface area contributed by atoms with Gasteiger partial charge in [-0.15, -0.1) is 0 Å². The Kier molecular flexibility index (Phi) is 12.5. The SMILES string of the molecule is CCN(Cc1cccc(S(=O)(=O)O)c1)c1ccc(C(=C2C=CC(=[N+](CC)Cc3cccc(S(=O)(=O)O)c3)C=C2)c2ccc(S(=O)(=O)O)cc2)cc1.[OH-]. The van der Waals surface area contributed by atoms with E-state index in [9.17, 15) is 38.9 Å². The van der Waals surface area contributed by atoms with Crippen LogP contribution in [0.5, 0.6) is 0 Å². The predicted octanol–water partition coefficient (Wildman–Crippen LogP) is 5.88. The van der Waals surface area contributed by atoms with Crippen molar-refractivity contribution < 1.29 is 49.0 Å². The molecular weight excluding hydrogens is 729 g/mol. The van der Waals surface area contributed by atoms with Gasteiger partial charge in [-0.05, 0) is 102 Å². The van der Waals surface area contributed by atoms with Gasteiger partial charge in [0.15, 0.2) is 12.3 Å². The zero-order chi connectivity index (χ0) is 37.0. The highest BCUT2D eigenvalue weighted by Gasteiger charge is 2.19. The molecule has 0 saturated carbocycles. The number of allylic oxidation sites excluding steroid dienone is 5. The molecule has 0 aromatic heterocycles. The Morgan fingerprint density at radius 3 is 1.58 bits per heavy atom. The summed E-state index contributed by atoms with van der Waals surface area (Å²) in [7, 11) is -13.1. The van der Waals surface area contributed by atoms with Crippen LogP contribution in [0.1, 0.15) is 36.1 Å². The van der Waals surface area contributed by atoms with E-state index in [1.807, 2.05) is 71.9 Å². The minimum atomic E-state index is -4.40. The average Bonchev–Trinajstić information content (AvgIpc) is 3.10. The maximum atomic E-state index is 11.8. The lowest BCUT2D eigenvalue weighted by Crippen LogP contribution is -2.22. The van der Waals surface area contributed by atoms with Gasteiger partial charge < -0.3 is 10.4 Å². The Balaban J connectivity index is 0.00000605. The van der Waals surface area contributed by atoms with Crippen molar-refractivity contribution in [3.63, 3.8) is 0 Å². The van der Waals surface area contributed by atoms with Gasteiger partial charge in [0, 0.05) is 36.5 Å². The van der Waals surface area contributed by atoms with E-state index in [4.69, 9.17) is 0 Å². The van der Waals surface area contributed by atoms with Crippen LogP contribution in [-0.2, 0) is 43.4 Å². The molecule has 1 aliphatic rings. The van der Waals surface area contributed by atoms with Crippen LogP contribution in [0.3, 0.4) is 0 Å². The molecule has 0 amide bonds. The van der Waals surface area contributed by atoms with Crippen molar-refractivity contribution >= 4 is 47.3 Å². The Morgan fingerprint density at radius 1 is 0.615 bits per heavy atom. The lowest BCUT2D eigenvalue weighted by atomic mass is 9.90. The third-order valence-corrected chi connectivity index (χ3v) is 11.0. The van der Waals surface area contributed by atoms with Gasteiger partial charge in [0.2, 0.25) is 0 Å². The average molecular weight is 767 g/mol. The molecule has 274 valence electrons. The first kappa shape index (κ1) is 40.0. The number of anilines is 1. The summed E-state index contributed by atoms with van der Waals surface area (Å²) < 4.78 is 101. The van der Waals surface area contributed by atoms with E-state index >= 15 is 0 Å². The smallest absolute Gasteiger partial charge is 0.294 e. The van der Waals surface area contributed by atoms with Gasteiger partial charge in [-0.3, -0.25) is 13.7 Å². The van der Waals surface area contributed by atoms with E-state index in [-0.39, 0.29) is 20.2 Å². The zero-order valence-electron chi connectivity index (χ0n) is 28.2. The Hall–Kier alpha value is -4.74. The van der Waals surface area contributed by atoms with Crippen LogP contribution in [0.25, 0.3) is 5.57 Å². The molecule has 15 heteroatoms. The summed E-state index contributed by atoms with van der Waals surface area (Å²) in [6.45, 7) is 5.95. The topological polar surface area (TPSA) is 199 Å². The van der Waals surface area contributed by atoms with Crippen molar-refractivity contribution in [3.8, 4) is 0 Å². The first-order chi connectivity index (χ1) is 24.1. The van der Waals surface area contributed by atoms with E-state index < -0.39 is 30.4 Å². The molecule has 12 nitrogen and oxygen atoms in total. The van der Waals surface area contributed by atoms with E-state index in [2.05, 4.69) is 0 Å². The summed E-state index contributed by atoms with van der Waals surface area (Å²) in [5, 5.41) is 0. The fourth-order valence-electron chi connectivity index (χ4n) is 5.79. The second-order valence-electron chi connectivity index (χ2n) is 11.7. The van der Waals surface area contributed by atoms with Gasteiger partial charge in [0.25, 0.3) is 30.4 Å². The van der Waals surface area contributed by atoms with Crippen molar-refractivity contribution in [2.24, 2.45) is 0 Å². The number of hydrogen-bond donors (Lipinski definition) is 3. The van der Waals surface area contributed by atoms with Crippen molar-refractivity contribution in [3.05, 3.63) is 149 Å². The zero-order valence-corrected chi connectivity index (χ0v) is 30.7. The van der Waals surface area contributed by atoms with Crippen molar-refractivity contribution in [1.29, 1.82) is 0 Å². The summed E-state index contributed by atoms with van der Waals surface area (Å²) in [4.78, 5) is 1.47. The van der Waals surface area contributed by atoms with E-state index in [1.54, 1.807) is 36.4 Å². The second kappa shape index (κ2) is 16.3. The standard InChI is InChI=1S/C37H36N2O9S3.H2O/c1-3-38(25-27-7-5-9-35(23-27)50(43,44)45)32-17-11-29(12-18-32)37(31-15-21-34(22-16-31)49(40,41)42)30-13-19-33(20-14-30)39(4-2)26-28-8-6-10-36(24-28)51(46,47)48;/h5-24H,3-4,25-26H2,1-2H3,(H2-,40,41,42,43,44,45,46,47,48);1H2. The van der Waals surface area contributed by atoms with Crippen LogP contribution < -0.4 is 4.90 Å². The molecule has 0 aliphatic heterocycles. The Labute approximate surface area is 304 Å². The van der Waals surface area contributed by atoms with Gasteiger partial charge in [0.05, 0.1) is 14.7 Å². The molecular formula is C37H38N2O10S3. The molecule has 0 atom stereocenters. The summed E-state index contributed by atoms with van der Waals surface area (Å²) in [6, 6.07) is 26.0. The van der Waals surface area contributed by atoms with Gasteiger partial charge in [-0.1, -0.05) is 48.5 Å². The monoisotopic (exact) mass is 766 g/mol. The predicted molar refractivity (Wildman–Crippen MR) is 198 cm³/mol. The molecule has 0 fully saturated rings. The first-order valence-electron chi connectivity index (χ1n) is 15.9. The van der Waals surface area contributed by atoms with Crippen LogP contribution >= 0.6 is 0 Å². The van der Waals surface area contributed by atoms with E-state index in [0.717, 1.165) is 28.1 Å². The van der Waals surface area contributed by atoms with Gasteiger partial charge in [-0.25, -0.2) is 4.58 Å². The molecule has 0 spiro atoms. The number of nitrogens with zero attached hydrogens (tertiary/aromatic N) is 2. The largest absolute Gasteiger partial charge is 0.870 e. The van der Waals surface area contributed by atoms with Crippen LogP contribution in [0, 0.1) is 0 Å². The second-order valence-corrected chi connectivity index (χ2v) is 16.0. The van der Waals surface area contributed by atoms with Crippen LogP contribution in [-0.4, -0.2) is 67.8 Å². The molecule has 4 aromatic carbocycles. The highest BCUT2D eigenvalue weighted by atomic mass is 32.2. The number of rotatable bonds is 12. The molecule has 4 N–H and O–H groups in total. The van der Waals surface area contributed by atoms with Crippen LogP contribution in [0.2, 0.25) is 0 Å². The molecule has 0 saturated heterocycles. The molecule has 0 unspecified atom stereocenters. The maximum absolute atomic E-state index is 11.8. The molecule has 5 rings (SSSR count). The highest BCUT2D eigenvalue weighted by molar-refractivity contribution is 7.86. The maximum Gasteiger partial charge on any atom is 0.294 e. The molecule has 0 bridgehead atoms. The fourth-order valence-corrected chi connectivity index (χ4v) is 7.37. The Morgan fingerprint density at radius 2 is 1.10 bits per heavy atom. The number of benzene rings is 4. The minimum absolute atomic E-state index is 0. The fraction of sp³-hybridized carbons (Fsp3) is 0.162. The third kappa shape index (κ3) is 9.77. The molecule has 1 aliphatic carbocycles. The summed E-state index contributed by atoms with van der Waals surface area (Å²) in [5.41, 5.74) is 6.28. The Bertz CT molecular complexity index is 2380. The number of hydrogen-bond acceptors (Lipinski definition) is 8. The van der Waals surface area contributed by atoms with Gasteiger partial charge in [0.1, 0.15) is 6.54 Å². The van der Waals surface area contributed by atoms with Gasteiger partial charge in [-0.2, -0.15) is 25.3 Å². The lowest BCUT2D eigenvalue weighted by Gasteiger charge is -2.24. The summed E-state index contributed by atoms with van der Waals surface area (Å²) >= 11 is 0. The quantitative estimate of drug-likeness (QED) is 0.115. The lowest BCUT2D eigenvalue weighted by molar-refractivity contribution is -0.539. The molecule has 0 radical (unpaired) electrons. The first-order valence-corrected chi connectivity index (χ1v) is 20.2. The van der Waals surface area contributed by atoms with Crippen molar-refractivity contribution in [1.82, 2.24) is 0 Å². The summed E-state index contributed by atoms with van der Waals surface area (Å²) in [5.74, 6) is 0. The molecule has 52 heavy (non-hydrogen) atoms. The molecule has 0 heterocycles. The normalized spacial score (nSPS) is 13.1. The van der Waals surface area contributed by atoms with Gasteiger partial charge >= 0.3 is 0 Å². The molecule has 4 aromatic rings. The van der Waals surface area contributed by atoms with E-state index in [0.29, 0.717) is 42.9 Å². The van der Waals surface area contributed by atoms with E-state index in [1.165, 1.54) is 36.4 Å². The third-order valence-electron chi connectivity index (χ3n) is 8.39. The highest BCUT2D eigenvalue weighted by Crippen LogP contribution is 2.32. The summed E-state index contributed by atoms with van der Waals surface area (Å²) in [6.07, 6.45) is 7.75.